The van der Waals surface area contributed by atoms with E-state index >= 15 is 0 Å². The number of ether oxygens (including phenoxy) is 1. The second-order valence-corrected chi connectivity index (χ2v) is 7.77. The Labute approximate surface area is 156 Å². The van der Waals surface area contributed by atoms with Gasteiger partial charge >= 0.3 is 0 Å². The highest BCUT2D eigenvalue weighted by molar-refractivity contribution is 7.89. The molecule has 1 fully saturated rings. The Hall–Kier alpha value is -2.53. The predicted octanol–water partition coefficient (Wildman–Crippen LogP) is 2.16. The van der Waals surface area contributed by atoms with Crippen molar-refractivity contribution in [2.45, 2.75) is 11.5 Å². The molecule has 1 saturated heterocycles. The number of anilines is 1. The maximum Gasteiger partial charge on any atom is 0.295 e. The zero-order chi connectivity index (χ0) is 19.3. The van der Waals surface area contributed by atoms with Gasteiger partial charge in [0.2, 0.25) is 10.0 Å². The second kappa shape index (κ2) is 8.44. The van der Waals surface area contributed by atoms with E-state index in [4.69, 9.17) is 9.57 Å². The van der Waals surface area contributed by atoms with E-state index in [0.29, 0.717) is 13.2 Å². The number of nitrogens with zero attached hydrogens (tertiary/aromatic N) is 2. The Bertz CT molecular complexity index is 898. The van der Waals surface area contributed by atoms with Crippen LogP contribution in [0.1, 0.15) is 5.56 Å². The maximum absolute atomic E-state index is 12.7. The first kappa shape index (κ1) is 19.2. The molecule has 144 valence electrons. The largest absolute Gasteiger partial charge is 0.379 e. The standard InChI is InChI=1S/C17H19N3O6S/c21-20(22)17-12-15(27(23,24)19-8-10-25-11-9-19)6-7-16(17)18-26-13-14-4-2-1-3-5-14/h1-7,12,18H,8-11,13H2. The molecule has 0 radical (unpaired) electrons. The van der Waals surface area contributed by atoms with Crippen molar-refractivity contribution in [2.24, 2.45) is 0 Å². The van der Waals surface area contributed by atoms with Crippen molar-refractivity contribution in [2.75, 3.05) is 31.8 Å². The molecule has 0 unspecified atom stereocenters. The van der Waals surface area contributed by atoms with Gasteiger partial charge in [-0.15, -0.1) is 0 Å². The monoisotopic (exact) mass is 393 g/mol. The van der Waals surface area contributed by atoms with Crippen molar-refractivity contribution in [3.8, 4) is 0 Å². The molecule has 0 aliphatic carbocycles. The summed E-state index contributed by atoms with van der Waals surface area (Å²) in [5.41, 5.74) is 3.12. The van der Waals surface area contributed by atoms with Gasteiger partial charge in [0, 0.05) is 19.2 Å². The minimum Gasteiger partial charge on any atom is -0.379 e. The molecule has 1 heterocycles. The van der Waals surface area contributed by atoms with Crippen molar-refractivity contribution in [1.82, 2.24) is 4.31 Å². The van der Waals surface area contributed by atoms with Gasteiger partial charge in [-0.1, -0.05) is 30.3 Å². The molecule has 0 spiro atoms. The molecular formula is C17H19N3O6S. The highest BCUT2D eigenvalue weighted by Gasteiger charge is 2.28. The van der Waals surface area contributed by atoms with E-state index in [2.05, 4.69) is 5.48 Å². The van der Waals surface area contributed by atoms with E-state index in [9.17, 15) is 18.5 Å². The molecular weight excluding hydrogens is 374 g/mol. The van der Waals surface area contributed by atoms with Crippen molar-refractivity contribution in [1.29, 1.82) is 0 Å². The Kier molecular flexibility index (Phi) is 6.01. The van der Waals surface area contributed by atoms with Gasteiger partial charge in [-0.2, -0.15) is 4.31 Å². The summed E-state index contributed by atoms with van der Waals surface area (Å²) in [6, 6.07) is 13.0. The Morgan fingerprint density at radius 2 is 1.85 bits per heavy atom. The van der Waals surface area contributed by atoms with Crippen LogP contribution in [0, 0.1) is 10.1 Å². The second-order valence-electron chi connectivity index (χ2n) is 5.83. The zero-order valence-electron chi connectivity index (χ0n) is 14.4. The first-order valence-electron chi connectivity index (χ1n) is 8.26. The quantitative estimate of drug-likeness (QED) is 0.567. The van der Waals surface area contributed by atoms with Crippen molar-refractivity contribution >= 4 is 21.4 Å². The van der Waals surface area contributed by atoms with Crippen molar-refractivity contribution in [3.63, 3.8) is 0 Å². The van der Waals surface area contributed by atoms with Gasteiger partial charge in [-0.05, 0) is 17.7 Å². The lowest BCUT2D eigenvalue weighted by molar-refractivity contribution is -0.384. The fourth-order valence-electron chi connectivity index (χ4n) is 2.62. The number of sulfonamides is 1. The molecule has 9 nitrogen and oxygen atoms in total. The highest BCUT2D eigenvalue weighted by Crippen LogP contribution is 2.29. The third-order valence-corrected chi connectivity index (χ3v) is 5.93. The number of benzene rings is 2. The van der Waals surface area contributed by atoms with E-state index in [-0.39, 0.29) is 36.0 Å². The van der Waals surface area contributed by atoms with Crippen LogP contribution >= 0.6 is 0 Å². The molecule has 0 bridgehead atoms. The van der Waals surface area contributed by atoms with Crippen molar-refractivity contribution in [3.05, 3.63) is 64.2 Å². The summed E-state index contributed by atoms with van der Waals surface area (Å²) < 4.78 is 31.7. The number of morpholine rings is 1. The van der Waals surface area contributed by atoms with Gasteiger partial charge in [0.05, 0.1) is 29.6 Å². The van der Waals surface area contributed by atoms with Crippen LogP contribution in [-0.4, -0.2) is 43.9 Å². The smallest absolute Gasteiger partial charge is 0.295 e. The van der Waals surface area contributed by atoms with E-state index in [1.54, 1.807) is 0 Å². The molecule has 1 N–H and O–H groups in total. The number of rotatable bonds is 7. The normalized spacial score (nSPS) is 15.4. The van der Waals surface area contributed by atoms with Crippen LogP contribution < -0.4 is 5.48 Å². The molecule has 0 atom stereocenters. The van der Waals surface area contributed by atoms with Crippen LogP contribution in [0.25, 0.3) is 0 Å². The number of nitro groups is 1. The van der Waals surface area contributed by atoms with E-state index in [1.807, 2.05) is 30.3 Å². The van der Waals surface area contributed by atoms with Gasteiger partial charge < -0.3 is 4.74 Å². The van der Waals surface area contributed by atoms with E-state index in [0.717, 1.165) is 11.6 Å². The van der Waals surface area contributed by atoms with Crippen LogP contribution in [0.5, 0.6) is 0 Å². The summed E-state index contributed by atoms with van der Waals surface area (Å²) >= 11 is 0. The summed E-state index contributed by atoms with van der Waals surface area (Å²) in [5.74, 6) is 0. The first-order chi connectivity index (χ1) is 13.0. The van der Waals surface area contributed by atoms with Crippen LogP contribution in [0.3, 0.4) is 0 Å². The van der Waals surface area contributed by atoms with E-state index in [1.165, 1.54) is 16.4 Å². The number of hydrogen-bond donors (Lipinski definition) is 1. The Morgan fingerprint density at radius 3 is 2.52 bits per heavy atom. The molecule has 3 rings (SSSR count). The van der Waals surface area contributed by atoms with Crippen LogP contribution in [0.15, 0.2) is 53.4 Å². The molecule has 1 aliphatic rings. The molecule has 2 aromatic rings. The average molecular weight is 393 g/mol. The van der Waals surface area contributed by atoms with E-state index < -0.39 is 14.9 Å². The number of nitrogens with one attached hydrogen (secondary N) is 1. The Morgan fingerprint density at radius 1 is 1.15 bits per heavy atom. The Balaban J connectivity index is 1.77. The van der Waals surface area contributed by atoms with Crippen LogP contribution in [-0.2, 0) is 26.2 Å². The lowest BCUT2D eigenvalue weighted by Gasteiger charge is -2.26. The topological polar surface area (TPSA) is 111 Å². The SMILES string of the molecule is O=[N+]([O-])c1cc(S(=O)(=O)N2CCOCC2)ccc1NOCc1ccccc1. The molecule has 0 aromatic heterocycles. The maximum atomic E-state index is 12.7. The van der Waals surface area contributed by atoms with Crippen LogP contribution in [0.2, 0.25) is 0 Å². The molecule has 2 aromatic carbocycles. The fraction of sp³-hybridized carbons (Fsp3) is 0.294. The third-order valence-electron chi connectivity index (χ3n) is 4.04. The van der Waals surface area contributed by atoms with Gasteiger partial charge in [-0.3, -0.25) is 20.4 Å². The molecule has 10 heteroatoms. The average Bonchev–Trinajstić information content (AvgIpc) is 2.69. The van der Waals surface area contributed by atoms with Gasteiger partial charge in [0.15, 0.2) is 0 Å². The molecule has 0 saturated carbocycles. The summed E-state index contributed by atoms with van der Waals surface area (Å²) in [7, 11) is -3.82. The van der Waals surface area contributed by atoms with Crippen LogP contribution in [0.4, 0.5) is 11.4 Å². The minimum absolute atomic E-state index is 0.0804. The van der Waals surface area contributed by atoms with Crippen molar-refractivity contribution < 1.29 is 22.9 Å². The summed E-state index contributed by atoms with van der Waals surface area (Å²) in [6.07, 6.45) is 0. The summed E-state index contributed by atoms with van der Waals surface area (Å²) in [6.45, 7) is 1.24. The highest BCUT2D eigenvalue weighted by atomic mass is 32.2. The summed E-state index contributed by atoms with van der Waals surface area (Å²) in [4.78, 5) is 15.9. The fourth-order valence-corrected chi connectivity index (χ4v) is 4.05. The minimum atomic E-state index is -3.82. The zero-order valence-corrected chi connectivity index (χ0v) is 15.2. The lowest BCUT2D eigenvalue weighted by Crippen LogP contribution is -2.40. The molecule has 27 heavy (non-hydrogen) atoms. The van der Waals surface area contributed by atoms with Gasteiger partial charge in [0.25, 0.3) is 5.69 Å². The summed E-state index contributed by atoms with van der Waals surface area (Å²) in [5, 5.41) is 11.4. The van der Waals surface area contributed by atoms with Gasteiger partial charge in [0.1, 0.15) is 5.69 Å². The third kappa shape index (κ3) is 4.61. The number of nitro benzene ring substituents is 1. The number of hydrogen-bond acceptors (Lipinski definition) is 7. The van der Waals surface area contributed by atoms with Gasteiger partial charge in [-0.25, -0.2) is 8.42 Å². The molecule has 0 amide bonds. The lowest BCUT2D eigenvalue weighted by atomic mass is 10.2. The first-order valence-corrected chi connectivity index (χ1v) is 9.70. The molecule has 1 aliphatic heterocycles. The predicted molar refractivity (Wildman–Crippen MR) is 97.5 cm³/mol.